The topological polar surface area (TPSA) is 131 Å². The molecule has 0 spiro atoms. The molecule has 8 heterocycles. The van der Waals surface area contributed by atoms with Crippen molar-refractivity contribution >= 4 is 22.1 Å². The van der Waals surface area contributed by atoms with Crippen molar-refractivity contribution < 1.29 is 0 Å². The van der Waals surface area contributed by atoms with E-state index in [4.69, 9.17) is 34.9 Å². The maximum atomic E-state index is 5.47. The van der Waals surface area contributed by atoms with E-state index >= 15 is 0 Å². The summed E-state index contributed by atoms with van der Waals surface area (Å²) in [5.74, 6) is 3.67. The van der Waals surface area contributed by atoms with Crippen LogP contribution in [-0.4, -0.2) is 115 Å². The van der Waals surface area contributed by atoms with Gasteiger partial charge in [-0.1, -0.05) is 42.5 Å². The second kappa shape index (κ2) is 24.8. The average molecular weight is 1120 g/mol. The van der Waals surface area contributed by atoms with Gasteiger partial charge in [0.15, 0.2) is 0 Å². The minimum Gasteiger partial charge on any atom is -0.334 e. The van der Waals surface area contributed by atoms with Crippen molar-refractivity contribution in [3.8, 4) is 0 Å². The Hall–Kier alpha value is -7.82. The van der Waals surface area contributed by atoms with Crippen LogP contribution in [0.2, 0.25) is 0 Å². The third-order valence-corrected chi connectivity index (χ3v) is 18.5. The highest BCUT2D eigenvalue weighted by atomic mass is 15.2. The van der Waals surface area contributed by atoms with Gasteiger partial charge in [-0.15, -0.1) is 0 Å². The molecule has 0 aliphatic heterocycles. The number of aromatic nitrogens is 11. The second-order valence-electron chi connectivity index (χ2n) is 24.2. The summed E-state index contributed by atoms with van der Waals surface area (Å²) in [5.41, 5.74) is 16.9. The number of imidazole rings is 3. The molecule has 0 bridgehead atoms. The van der Waals surface area contributed by atoms with E-state index in [-0.39, 0.29) is 30.0 Å². The number of rotatable bonds is 21. The molecule has 8 aromatic heterocycles. The van der Waals surface area contributed by atoms with Gasteiger partial charge in [0.05, 0.1) is 76.9 Å². The van der Waals surface area contributed by atoms with Crippen LogP contribution in [-0.2, 0) is 58.5 Å². The molecule has 2 aromatic carbocycles. The summed E-state index contributed by atoms with van der Waals surface area (Å²) in [6.07, 6.45) is 25.8. The lowest BCUT2D eigenvalue weighted by molar-refractivity contribution is 0.197. The average Bonchev–Trinajstić information content (AvgIpc) is 3.86. The van der Waals surface area contributed by atoms with Gasteiger partial charge in [0.2, 0.25) is 0 Å². The van der Waals surface area contributed by atoms with Crippen molar-refractivity contribution in [1.82, 2.24) is 73.2 Å². The quantitative estimate of drug-likeness (QED) is 0.0679. The minimum absolute atomic E-state index is 0.118. The van der Waals surface area contributed by atoms with Gasteiger partial charge in [-0.3, -0.25) is 39.6 Å². The van der Waals surface area contributed by atoms with Crippen LogP contribution in [0, 0.1) is 0 Å². The van der Waals surface area contributed by atoms with Crippen molar-refractivity contribution in [2.45, 2.75) is 133 Å². The predicted octanol–water partition coefficient (Wildman–Crippen LogP) is 11.7. The van der Waals surface area contributed by atoms with Crippen LogP contribution in [0.5, 0.6) is 0 Å². The molecule has 15 nitrogen and oxygen atoms in total. The number of benzene rings is 2. The molecule has 0 saturated carbocycles. The zero-order valence-electron chi connectivity index (χ0n) is 49.5. The van der Waals surface area contributed by atoms with Crippen LogP contribution in [0.25, 0.3) is 22.1 Å². The Morgan fingerprint density at radius 3 is 1.69 bits per heavy atom. The van der Waals surface area contributed by atoms with Gasteiger partial charge in [0, 0.05) is 93.2 Å². The van der Waals surface area contributed by atoms with E-state index in [9.17, 15) is 0 Å². The molecule has 15 heteroatoms. The molecule has 0 N–H and O–H groups in total. The van der Waals surface area contributed by atoms with E-state index in [2.05, 4.69) is 171 Å². The van der Waals surface area contributed by atoms with E-state index in [0.717, 1.165) is 137 Å². The van der Waals surface area contributed by atoms with Crippen molar-refractivity contribution in [3.05, 3.63) is 226 Å². The smallest absolute Gasteiger partial charge is 0.124 e. The van der Waals surface area contributed by atoms with Crippen LogP contribution in [0.3, 0.4) is 0 Å². The predicted molar refractivity (Wildman–Crippen MR) is 331 cm³/mol. The molecule has 3 aliphatic rings. The molecule has 0 amide bonds. The molecule has 430 valence electrons. The summed E-state index contributed by atoms with van der Waals surface area (Å²) in [5, 5.41) is 0. The van der Waals surface area contributed by atoms with Gasteiger partial charge in [0.1, 0.15) is 17.5 Å². The lowest BCUT2D eigenvalue weighted by atomic mass is 9.78. The first-order chi connectivity index (χ1) is 41.2. The summed E-state index contributed by atoms with van der Waals surface area (Å²) in [4.78, 5) is 49.8. The number of pyridine rings is 5. The lowest BCUT2D eigenvalue weighted by Gasteiger charge is -2.36. The summed E-state index contributed by atoms with van der Waals surface area (Å²) in [7, 11) is 11.0. The number of nitrogens with zero attached hydrogens (tertiary/aromatic N) is 15. The van der Waals surface area contributed by atoms with Crippen molar-refractivity contribution in [3.63, 3.8) is 0 Å². The standard InChI is InChI=1S/C69H79N15/c1-78(2)37-13-38-82-41-36-72-64(82)45-79(3)60-27-23-53(55-18-11-34-74-68(55)60)51-22-26-58-63(43-51)84(40-30-52-17-6-7-32-71-52)66(77-58)47-81(5)61-28-24-54(56-19-12-35-75-69(56)61)50-21-25-57-62(42-50)83(39-29-48-14-9-31-70-44-48)65(76-57)46-80(4)59-20-8-15-49-16-10-33-73-67(49)59/h6-7,9-12,14,16-19,21-22,25-26,31-36,41-44,53-54,59-61H,8,13,15,20,23-24,27-30,37-40,45-47H2,1-5H3. The fourth-order valence-electron chi connectivity index (χ4n) is 14.2. The monoisotopic (exact) mass is 1120 g/mol. The first kappa shape index (κ1) is 55.4. The molecule has 0 radical (unpaired) electrons. The Morgan fingerprint density at radius 1 is 0.500 bits per heavy atom. The Bertz CT molecular complexity index is 3850. The van der Waals surface area contributed by atoms with E-state index < -0.39 is 0 Å². The van der Waals surface area contributed by atoms with Gasteiger partial charge in [-0.25, -0.2) is 15.0 Å². The largest absolute Gasteiger partial charge is 0.334 e. The van der Waals surface area contributed by atoms with Crippen LogP contribution in [0.1, 0.15) is 149 Å². The Kier molecular flexibility index (Phi) is 16.3. The van der Waals surface area contributed by atoms with Crippen molar-refractivity contribution in [2.24, 2.45) is 0 Å². The SMILES string of the molecule is CN(C)CCCn1ccnc1CN(C)C1CCC(c2ccc3nc(CN(C)C4CCC(c5ccc6nc(CN(C)C7CCCc8cccnc87)n(CCc7cccnc7)c6c5)c5cccnc54)n(CCc4ccccn4)c3c2)c2cccnc21. The van der Waals surface area contributed by atoms with Crippen LogP contribution < -0.4 is 0 Å². The second-order valence-corrected chi connectivity index (χ2v) is 24.2. The first-order valence-electron chi connectivity index (χ1n) is 30.6. The van der Waals surface area contributed by atoms with E-state index in [1.165, 1.54) is 62.2 Å². The molecule has 10 aromatic rings. The summed E-state index contributed by atoms with van der Waals surface area (Å²) in [6, 6.07) is 38.2. The van der Waals surface area contributed by atoms with Gasteiger partial charge in [-0.2, -0.15) is 0 Å². The minimum atomic E-state index is 0.118. The highest BCUT2D eigenvalue weighted by Crippen LogP contribution is 2.45. The fraction of sp³-hybridized carbons (Fsp3) is 0.391. The molecule has 0 fully saturated rings. The lowest BCUT2D eigenvalue weighted by Crippen LogP contribution is -2.31. The third kappa shape index (κ3) is 11.6. The van der Waals surface area contributed by atoms with Gasteiger partial charge >= 0.3 is 0 Å². The molecule has 13 rings (SSSR count). The molecule has 5 atom stereocenters. The Morgan fingerprint density at radius 2 is 1.08 bits per heavy atom. The highest BCUT2D eigenvalue weighted by Gasteiger charge is 2.35. The molecule has 5 unspecified atom stereocenters. The van der Waals surface area contributed by atoms with E-state index in [1.54, 1.807) is 0 Å². The summed E-state index contributed by atoms with van der Waals surface area (Å²) >= 11 is 0. The summed E-state index contributed by atoms with van der Waals surface area (Å²) < 4.78 is 7.27. The first-order valence-corrected chi connectivity index (χ1v) is 30.6. The number of hydrogen-bond donors (Lipinski definition) is 0. The zero-order valence-corrected chi connectivity index (χ0v) is 49.5. The molecule has 84 heavy (non-hydrogen) atoms. The summed E-state index contributed by atoms with van der Waals surface area (Å²) in [6.45, 7) is 5.79. The van der Waals surface area contributed by atoms with E-state index in [0.29, 0.717) is 6.54 Å². The molecular formula is C69H79N15. The highest BCUT2D eigenvalue weighted by molar-refractivity contribution is 5.78. The van der Waals surface area contributed by atoms with Gasteiger partial charge < -0.3 is 18.6 Å². The number of fused-ring (bicyclic) bond motifs is 5. The molecular weight excluding hydrogens is 1040 g/mol. The van der Waals surface area contributed by atoms with Crippen LogP contribution >= 0.6 is 0 Å². The number of hydrogen-bond acceptors (Lipinski definition) is 12. The van der Waals surface area contributed by atoms with Crippen molar-refractivity contribution in [2.75, 3.05) is 41.8 Å². The maximum Gasteiger partial charge on any atom is 0.124 e. The van der Waals surface area contributed by atoms with Gasteiger partial charge in [0.25, 0.3) is 0 Å². The number of aryl methyl sites for hydroxylation is 6. The van der Waals surface area contributed by atoms with Gasteiger partial charge in [-0.05, 0) is 194 Å². The normalized spacial score (nSPS) is 18.8. The van der Waals surface area contributed by atoms with Crippen LogP contribution in [0.4, 0.5) is 0 Å². The van der Waals surface area contributed by atoms with Crippen LogP contribution in [0.15, 0.2) is 153 Å². The fourth-order valence-corrected chi connectivity index (χ4v) is 14.2. The zero-order chi connectivity index (χ0) is 57.1. The Balaban J connectivity index is 0.767. The maximum absolute atomic E-state index is 5.47. The Labute approximate surface area is 494 Å². The molecule has 3 aliphatic carbocycles. The third-order valence-electron chi connectivity index (χ3n) is 18.5. The van der Waals surface area contributed by atoms with Crippen molar-refractivity contribution in [1.29, 1.82) is 0 Å². The molecule has 0 saturated heterocycles. The van der Waals surface area contributed by atoms with E-state index in [1.807, 2.05) is 55.5 Å².